The van der Waals surface area contributed by atoms with Crippen molar-refractivity contribution in [3.8, 4) is 17.1 Å². The van der Waals surface area contributed by atoms with E-state index in [2.05, 4.69) is 10.2 Å². The predicted molar refractivity (Wildman–Crippen MR) is 112 cm³/mol. The fourth-order valence-corrected chi connectivity index (χ4v) is 3.87. The molecule has 0 aliphatic heterocycles. The second-order valence-corrected chi connectivity index (χ2v) is 7.58. The summed E-state index contributed by atoms with van der Waals surface area (Å²) in [5, 5.41) is 10.1. The number of halogens is 1. The molecule has 140 valence electrons. The number of rotatable bonds is 6. The molecule has 0 unspecified atom stereocenters. The van der Waals surface area contributed by atoms with Crippen LogP contribution in [0.25, 0.3) is 17.1 Å². The van der Waals surface area contributed by atoms with Gasteiger partial charge in [0.2, 0.25) is 0 Å². The summed E-state index contributed by atoms with van der Waals surface area (Å²) in [5.41, 5.74) is 2.51. The highest BCUT2D eigenvalue weighted by Crippen LogP contribution is 2.29. The maximum absolute atomic E-state index is 12.6. The van der Waals surface area contributed by atoms with Crippen LogP contribution in [0, 0.1) is 0 Å². The summed E-state index contributed by atoms with van der Waals surface area (Å²) in [6.07, 6.45) is 1.86. The Kier molecular flexibility index (Phi) is 5.32. The smallest absolute Gasteiger partial charge is 0.196 e. The van der Waals surface area contributed by atoms with Crippen molar-refractivity contribution >= 4 is 29.1 Å². The second-order valence-electron chi connectivity index (χ2n) is 6.20. The van der Waals surface area contributed by atoms with Gasteiger partial charge in [-0.05, 0) is 36.4 Å². The Hall–Kier alpha value is -2.83. The van der Waals surface area contributed by atoms with E-state index >= 15 is 0 Å². The molecule has 0 spiro atoms. The number of Topliss-reactive ketones (excluding diaryl/α,β-unsaturated/α-hetero) is 1. The van der Waals surface area contributed by atoms with Crippen LogP contribution >= 0.6 is 23.4 Å². The summed E-state index contributed by atoms with van der Waals surface area (Å²) < 4.78 is 3.77. The van der Waals surface area contributed by atoms with Crippen molar-refractivity contribution in [3.63, 3.8) is 0 Å². The zero-order valence-corrected chi connectivity index (χ0v) is 16.7. The van der Waals surface area contributed by atoms with Crippen LogP contribution in [0.15, 0.2) is 78.1 Å². The van der Waals surface area contributed by atoms with Crippen LogP contribution in [0.1, 0.15) is 10.5 Å². The van der Waals surface area contributed by atoms with E-state index in [1.54, 1.807) is 0 Å². The normalized spacial score (nSPS) is 10.9. The van der Waals surface area contributed by atoms with Crippen LogP contribution in [-0.2, 0) is 7.05 Å². The summed E-state index contributed by atoms with van der Waals surface area (Å²) in [6.45, 7) is 0. The number of benzene rings is 2. The number of hydrogen-bond acceptors (Lipinski definition) is 4. The third kappa shape index (κ3) is 3.74. The molecule has 7 heteroatoms. The fraction of sp³-hybridized carbons (Fsp3) is 0.0952. The lowest BCUT2D eigenvalue weighted by Crippen LogP contribution is -2.08. The third-order valence-corrected chi connectivity index (χ3v) is 5.49. The van der Waals surface area contributed by atoms with Crippen LogP contribution in [0.3, 0.4) is 0 Å². The molecule has 4 aromatic rings. The summed E-state index contributed by atoms with van der Waals surface area (Å²) in [5.74, 6) is 1.04. The van der Waals surface area contributed by atoms with E-state index in [4.69, 9.17) is 11.6 Å². The van der Waals surface area contributed by atoms with Gasteiger partial charge < -0.3 is 4.57 Å². The first-order chi connectivity index (χ1) is 13.6. The Morgan fingerprint density at radius 2 is 1.75 bits per heavy atom. The number of ketones is 1. The monoisotopic (exact) mass is 408 g/mol. The topological polar surface area (TPSA) is 52.7 Å². The number of hydrogen-bond donors (Lipinski definition) is 0. The van der Waals surface area contributed by atoms with Gasteiger partial charge in [0.05, 0.1) is 11.4 Å². The van der Waals surface area contributed by atoms with Crippen LogP contribution in [0.2, 0.25) is 5.02 Å². The summed E-state index contributed by atoms with van der Waals surface area (Å²) in [6, 6.07) is 21.0. The van der Waals surface area contributed by atoms with Gasteiger partial charge in [-0.2, -0.15) is 0 Å². The van der Waals surface area contributed by atoms with Crippen molar-refractivity contribution in [1.29, 1.82) is 0 Å². The number of thioether (sulfide) groups is 1. The predicted octanol–water partition coefficient (Wildman–Crippen LogP) is 4.90. The Balaban J connectivity index is 1.69. The zero-order valence-electron chi connectivity index (χ0n) is 15.1. The minimum atomic E-state index is 0.0458. The van der Waals surface area contributed by atoms with E-state index in [0.29, 0.717) is 15.9 Å². The average Bonchev–Trinajstić information content (AvgIpc) is 3.34. The lowest BCUT2D eigenvalue weighted by Gasteiger charge is -2.10. The molecule has 0 aliphatic carbocycles. The first-order valence-corrected chi connectivity index (χ1v) is 10.0. The molecule has 0 bridgehead atoms. The molecule has 0 amide bonds. The maximum Gasteiger partial charge on any atom is 0.196 e. The van der Waals surface area contributed by atoms with Gasteiger partial charge in [0, 0.05) is 29.5 Å². The van der Waals surface area contributed by atoms with E-state index in [9.17, 15) is 4.79 Å². The van der Waals surface area contributed by atoms with E-state index in [1.807, 2.05) is 89.1 Å². The van der Waals surface area contributed by atoms with Gasteiger partial charge in [0.1, 0.15) is 0 Å². The molecule has 0 fully saturated rings. The van der Waals surface area contributed by atoms with Crippen LogP contribution < -0.4 is 0 Å². The number of aryl methyl sites for hydroxylation is 1. The molecule has 0 saturated carbocycles. The van der Waals surface area contributed by atoms with Crippen LogP contribution in [0.5, 0.6) is 0 Å². The molecule has 0 N–H and O–H groups in total. The Morgan fingerprint density at radius 3 is 2.43 bits per heavy atom. The molecule has 5 nitrogen and oxygen atoms in total. The standard InChI is InChI=1S/C21H17ClN4OS/c1-25-13-5-8-18(25)19(27)14-28-21-24-23-20(15-6-3-2-4-7-15)26(21)17-11-9-16(22)10-12-17/h2-13H,14H2,1H3. The molecule has 0 saturated heterocycles. The van der Waals surface area contributed by atoms with Gasteiger partial charge in [-0.3, -0.25) is 9.36 Å². The molecule has 0 aliphatic rings. The van der Waals surface area contributed by atoms with Gasteiger partial charge in [-0.1, -0.05) is 53.7 Å². The highest BCUT2D eigenvalue weighted by Gasteiger charge is 2.18. The number of carbonyl (C=O) groups excluding carboxylic acids is 1. The largest absolute Gasteiger partial charge is 0.348 e. The molecule has 0 atom stereocenters. The lowest BCUT2D eigenvalue weighted by molar-refractivity contribution is 0.101. The van der Waals surface area contributed by atoms with Crippen LogP contribution in [-0.4, -0.2) is 30.9 Å². The van der Waals surface area contributed by atoms with E-state index in [1.165, 1.54) is 11.8 Å². The second kappa shape index (κ2) is 8.04. The van der Waals surface area contributed by atoms with Crippen molar-refractivity contribution in [1.82, 2.24) is 19.3 Å². The van der Waals surface area contributed by atoms with Crippen molar-refractivity contribution in [2.45, 2.75) is 5.16 Å². The molecular formula is C21H17ClN4OS. The highest BCUT2D eigenvalue weighted by molar-refractivity contribution is 7.99. The Labute approximate surface area is 172 Å². The molecular weight excluding hydrogens is 392 g/mol. The number of aromatic nitrogens is 4. The molecule has 28 heavy (non-hydrogen) atoms. The minimum absolute atomic E-state index is 0.0458. The van der Waals surface area contributed by atoms with Crippen molar-refractivity contribution in [2.75, 3.05) is 5.75 Å². The van der Waals surface area contributed by atoms with Crippen molar-refractivity contribution < 1.29 is 4.79 Å². The van der Waals surface area contributed by atoms with Gasteiger partial charge in [0.15, 0.2) is 16.8 Å². The Bertz CT molecular complexity index is 1100. The van der Waals surface area contributed by atoms with Crippen molar-refractivity contribution in [3.05, 3.63) is 83.6 Å². The molecule has 2 aromatic carbocycles. The lowest BCUT2D eigenvalue weighted by atomic mass is 10.2. The number of nitrogens with zero attached hydrogens (tertiary/aromatic N) is 4. The first-order valence-electron chi connectivity index (χ1n) is 8.67. The Morgan fingerprint density at radius 1 is 1.00 bits per heavy atom. The van der Waals surface area contributed by atoms with Gasteiger partial charge in [-0.25, -0.2) is 0 Å². The van der Waals surface area contributed by atoms with E-state index in [-0.39, 0.29) is 11.5 Å². The van der Waals surface area contributed by atoms with Gasteiger partial charge >= 0.3 is 0 Å². The fourth-order valence-electron chi connectivity index (χ4n) is 2.92. The summed E-state index contributed by atoms with van der Waals surface area (Å²) in [4.78, 5) is 12.6. The summed E-state index contributed by atoms with van der Waals surface area (Å²) in [7, 11) is 1.86. The molecule has 2 heterocycles. The van der Waals surface area contributed by atoms with E-state index in [0.717, 1.165) is 17.1 Å². The average molecular weight is 409 g/mol. The quantitative estimate of drug-likeness (QED) is 0.336. The van der Waals surface area contributed by atoms with Gasteiger partial charge in [0.25, 0.3) is 0 Å². The molecule has 0 radical (unpaired) electrons. The van der Waals surface area contributed by atoms with Gasteiger partial charge in [-0.15, -0.1) is 10.2 Å². The summed E-state index contributed by atoms with van der Waals surface area (Å²) >= 11 is 7.42. The highest BCUT2D eigenvalue weighted by atomic mass is 35.5. The van der Waals surface area contributed by atoms with Crippen molar-refractivity contribution in [2.24, 2.45) is 7.05 Å². The minimum Gasteiger partial charge on any atom is -0.348 e. The molecule has 4 rings (SSSR count). The SMILES string of the molecule is Cn1cccc1C(=O)CSc1nnc(-c2ccccc2)n1-c1ccc(Cl)cc1. The number of carbonyl (C=O) groups is 1. The first kappa shape index (κ1) is 18.5. The third-order valence-electron chi connectivity index (χ3n) is 4.31. The maximum atomic E-state index is 12.6. The van der Waals surface area contributed by atoms with Crippen LogP contribution in [0.4, 0.5) is 0 Å². The zero-order chi connectivity index (χ0) is 19.5. The van der Waals surface area contributed by atoms with E-state index < -0.39 is 0 Å². The molecule has 2 aromatic heterocycles.